The first-order valence-corrected chi connectivity index (χ1v) is 6.28. The molecule has 0 aliphatic rings. The van der Waals surface area contributed by atoms with Crippen molar-refractivity contribution in [3.8, 4) is 5.75 Å². The lowest BCUT2D eigenvalue weighted by atomic mass is 10.2. The van der Waals surface area contributed by atoms with Crippen molar-refractivity contribution < 1.29 is 9.53 Å². The molecule has 0 spiro atoms. The highest BCUT2D eigenvalue weighted by Gasteiger charge is 2.07. The predicted molar refractivity (Wildman–Crippen MR) is 77.9 cm³/mol. The topological polar surface area (TPSA) is 63.2 Å². The summed E-state index contributed by atoms with van der Waals surface area (Å²) in [5, 5.41) is 5.81. The minimum atomic E-state index is -0.196. The Morgan fingerprint density at radius 1 is 1.25 bits per heavy atom. The number of amides is 1. The Kier molecular flexibility index (Phi) is 4.55. The summed E-state index contributed by atoms with van der Waals surface area (Å²) in [7, 11) is 3.42. The molecule has 1 aromatic carbocycles. The number of nitrogens with one attached hydrogen (secondary N) is 2. The third-order valence-corrected chi connectivity index (χ3v) is 2.89. The molecule has 1 heterocycles. The zero-order valence-corrected chi connectivity index (χ0v) is 11.5. The summed E-state index contributed by atoms with van der Waals surface area (Å²) >= 11 is 0. The molecular weight excluding hydrogens is 254 g/mol. The van der Waals surface area contributed by atoms with Gasteiger partial charge in [-0.15, -0.1) is 0 Å². The van der Waals surface area contributed by atoms with E-state index in [9.17, 15) is 4.79 Å². The number of hydrogen-bond acceptors (Lipinski definition) is 4. The molecule has 2 N–H and O–H groups in total. The summed E-state index contributed by atoms with van der Waals surface area (Å²) < 4.78 is 5.09. The highest BCUT2D eigenvalue weighted by atomic mass is 16.5. The summed E-state index contributed by atoms with van der Waals surface area (Å²) in [6, 6.07) is 11.1. The van der Waals surface area contributed by atoms with E-state index in [0.717, 1.165) is 17.0 Å². The van der Waals surface area contributed by atoms with Crippen LogP contribution in [-0.4, -0.2) is 25.0 Å². The van der Waals surface area contributed by atoms with Crippen molar-refractivity contribution in [2.24, 2.45) is 0 Å². The maximum Gasteiger partial charge on any atom is 0.270 e. The van der Waals surface area contributed by atoms with E-state index in [2.05, 4.69) is 15.6 Å². The van der Waals surface area contributed by atoms with Gasteiger partial charge in [-0.05, 0) is 29.8 Å². The van der Waals surface area contributed by atoms with Gasteiger partial charge >= 0.3 is 0 Å². The van der Waals surface area contributed by atoms with Crippen molar-refractivity contribution in [3.63, 3.8) is 0 Å². The van der Waals surface area contributed by atoms with E-state index in [4.69, 9.17) is 4.74 Å². The van der Waals surface area contributed by atoms with Gasteiger partial charge < -0.3 is 15.4 Å². The molecule has 0 unspecified atom stereocenters. The van der Waals surface area contributed by atoms with Crippen LogP contribution in [0.4, 0.5) is 5.69 Å². The Labute approximate surface area is 118 Å². The fourth-order valence-electron chi connectivity index (χ4n) is 1.73. The Bertz CT molecular complexity index is 582. The van der Waals surface area contributed by atoms with Crippen molar-refractivity contribution >= 4 is 11.6 Å². The van der Waals surface area contributed by atoms with Gasteiger partial charge in [0.15, 0.2) is 0 Å². The number of carbonyl (C=O) groups excluding carboxylic acids is 1. The van der Waals surface area contributed by atoms with Gasteiger partial charge in [0.05, 0.1) is 7.11 Å². The molecule has 0 aliphatic heterocycles. The van der Waals surface area contributed by atoms with Crippen molar-refractivity contribution in [3.05, 3.63) is 53.9 Å². The maximum atomic E-state index is 12.0. The highest BCUT2D eigenvalue weighted by Crippen LogP contribution is 2.11. The van der Waals surface area contributed by atoms with Crippen LogP contribution in [-0.2, 0) is 6.54 Å². The second-order valence-electron chi connectivity index (χ2n) is 4.21. The molecule has 1 aromatic heterocycles. The first-order chi connectivity index (χ1) is 9.72. The summed E-state index contributed by atoms with van der Waals surface area (Å²) in [4.78, 5) is 16.0. The van der Waals surface area contributed by atoms with Crippen LogP contribution in [0.3, 0.4) is 0 Å². The van der Waals surface area contributed by atoms with Crippen LogP contribution in [0.5, 0.6) is 5.75 Å². The molecule has 0 fully saturated rings. The molecule has 0 radical (unpaired) electrons. The van der Waals surface area contributed by atoms with E-state index >= 15 is 0 Å². The monoisotopic (exact) mass is 271 g/mol. The summed E-state index contributed by atoms with van der Waals surface area (Å²) in [5.74, 6) is 0.599. The van der Waals surface area contributed by atoms with E-state index < -0.39 is 0 Å². The molecule has 0 bridgehead atoms. The van der Waals surface area contributed by atoms with E-state index in [0.29, 0.717) is 12.2 Å². The van der Waals surface area contributed by atoms with Crippen LogP contribution in [0.25, 0.3) is 0 Å². The molecule has 5 heteroatoms. The van der Waals surface area contributed by atoms with Crippen molar-refractivity contribution in [2.45, 2.75) is 6.54 Å². The number of pyridine rings is 1. The van der Waals surface area contributed by atoms with E-state index in [1.165, 1.54) is 0 Å². The first kappa shape index (κ1) is 13.9. The lowest BCUT2D eigenvalue weighted by Crippen LogP contribution is -2.23. The summed E-state index contributed by atoms with van der Waals surface area (Å²) in [5.41, 5.74) is 2.25. The number of ether oxygens (including phenoxy) is 1. The van der Waals surface area contributed by atoms with Crippen LogP contribution in [0.2, 0.25) is 0 Å². The molecular formula is C15H17N3O2. The Balaban J connectivity index is 1.97. The fraction of sp³-hybridized carbons (Fsp3) is 0.200. The van der Waals surface area contributed by atoms with Crippen molar-refractivity contribution in [2.75, 3.05) is 19.5 Å². The molecule has 2 aromatic rings. The minimum Gasteiger partial charge on any atom is -0.497 e. The van der Waals surface area contributed by atoms with Gasteiger partial charge in [0.1, 0.15) is 11.4 Å². The molecule has 0 saturated carbocycles. The second kappa shape index (κ2) is 6.56. The summed E-state index contributed by atoms with van der Waals surface area (Å²) in [6.45, 7) is 0.453. The third-order valence-electron chi connectivity index (χ3n) is 2.89. The fourth-order valence-corrected chi connectivity index (χ4v) is 1.73. The quantitative estimate of drug-likeness (QED) is 0.873. The van der Waals surface area contributed by atoms with Gasteiger partial charge in [-0.3, -0.25) is 9.78 Å². The third kappa shape index (κ3) is 3.47. The van der Waals surface area contributed by atoms with Crippen LogP contribution < -0.4 is 15.4 Å². The highest BCUT2D eigenvalue weighted by molar-refractivity contribution is 5.93. The first-order valence-electron chi connectivity index (χ1n) is 6.28. The molecule has 0 aliphatic carbocycles. The largest absolute Gasteiger partial charge is 0.497 e. The molecule has 0 saturated heterocycles. The Morgan fingerprint density at radius 2 is 2.00 bits per heavy atom. The van der Waals surface area contributed by atoms with Crippen molar-refractivity contribution in [1.82, 2.24) is 10.3 Å². The second-order valence-corrected chi connectivity index (χ2v) is 4.21. The minimum absolute atomic E-state index is 0.196. The van der Waals surface area contributed by atoms with Crippen LogP contribution in [0.1, 0.15) is 16.1 Å². The van der Waals surface area contributed by atoms with Crippen LogP contribution in [0, 0.1) is 0 Å². The molecule has 20 heavy (non-hydrogen) atoms. The van der Waals surface area contributed by atoms with Crippen LogP contribution in [0.15, 0.2) is 42.6 Å². The molecule has 0 atom stereocenters. The molecule has 104 valence electrons. The zero-order chi connectivity index (χ0) is 14.4. The maximum absolute atomic E-state index is 12.0. The standard InChI is InChI=1S/C15H17N3O2/c1-16-12-7-8-17-14(9-12)15(19)18-10-11-3-5-13(20-2)6-4-11/h3-9H,10H2,1-2H3,(H,16,17)(H,18,19). The predicted octanol–water partition coefficient (Wildman–Crippen LogP) is 2.06. The van der Waals surface area contributed by atoms with Gasteiger partial charge in [0.25, 0.3) is 5.91 Å². The number of anilines is 1. The number of carbonyl (C=O) groups is 1. The zero-order valence-electron chi connectivity index (χ0n) is 11.5. The number of rotatable bonds is 5. The normalized spacial score (nSPS) is 9.90. The van der Waals surface area contributed by atoms with E-state index in [-0.39, 0.29) is 5.91 Å². The summed E-state index contributed by atoms with van der Waals surface area (Å²) in [6.07, 6.45) is 1.61. The number of benzene rings is 1. The van der Waals surface area contributed by atoms with Crippen LogP contribution >= 0.6 is 0 Å². The van der Waals surface area contributed by atoms with Gasteiger partial charge in [-0.1, -0.05) is 12.1 Å². The Hall–Kier alpha value is -2.56. The van der Waals surface area contributed by atoms with E-state index in [1.807, 2.05) is 24.3 Å². The molecule has 2 rings (SSSR count). The number of aromatic nitrogens is 1. The smallest absolute Gasteiger partial charge is 0.270 e. The number of nitrogens with zero attached hydrogens (tertiary/aromatic N) is 1. The average Bonchev–Trinajstić information content (AvgIpc) is 2.53. The number of hydrogen-bond donors (Lipinski definition) is 2. The lowest BCUT2D eigenvalue weighted by Gasteiger charge is -2.07. The van der Waals surface area contributed by atoms with E-state index in [1.54, 1.807) is 32.5 Å². The van der Waals surface area contributed by atoms with Gasteiger partial charge in [-0.2, -0.15) is 0 Å². The van der Waals surface area contributed by atoms with Gasteiger partial charge in [0.2, 0.25) is 0 Å². The Morgan fingerprint density at radius 3 is 2.65 bits per heavy atom. The van der Waals surface area contributed by atoms with Gasteiger partial charge in [-0.25, -0.2) is 0 Å². The number of methoxy groups -OCH3 is 1. The lowest BCUT2D eigenvalue weighted by molar-refractivity contribution is 0.0946. The average molecular weight is 271 g/mol. The van der Waals surface area contributed by atoms with Crippen molar-refractivity contribution in [1.29, 1.82) is 0 Å². The SMILES string of the molecule is CNc1ccnc(C(=O)NCc2ccc(OC)cc2)c1. The van der Waals surface area contributed by atoms with Gasteiger partial charge in [0, 0.05) is 25.5 Å². The molecule has 1 amide bonds. The molecule has 5 nitrogen and oxygen atoms in total.